The molecular weight excluding hydrogens is 851 g/mol. The minimum Gasteiger partial charge on any atom is -0.466 e. The van der Waals surface area contributed by atoms with E-state index in [4.69, 9.17) is 4.74 Å². The van der Waals surface area contributed by atoms with Gasteiger partial charge in [0, 0.05) is 12.8 Å². The Morgan fingerprint density at radius 2 is 0.725 bits per heavy atom. The summed E-state index contributed by atoms with van der Waals surface area (Å²) < 4.78 is 5.44. The Morgan fingerprint density at radius 3 is 1.10 bits per heavy atom. The molecule has 69 heavy (non-hydrogen) atoms. The van der Waals surface area contributed by atoms with E-state index in [0.717, 1.165) is 83.5 Å². The molecule has 1 amide bonds. The molecule has 2 unspecified atom stereocenters. The normalized spacial score (nSPS) is 12.8. The topological polar surface area (TPSA) is 95.9 Å². The van der Waals surface area contributed by atoms with Gasteiger partial charge in [-0.2, -0.15) is 0 Å². The zero-order chi connectivity index (χ0) is 50.0. The number of hydrogen-bond acceptors (Lipinski definition) is 5. The second-order valence-corrected chi connectivity index (χ2v) is 21.0. The maximum absolute atomic E-state index is 12.5. The molecule has 0 bridgehead atoms. The number of aliphatic hydroxyl groups excluding tert-OH is 2. The summed E-state index contributed by atoms with van der Waals surface area (Å²) in [5, 5.41) is 23.2. The number of amides is 1. The Bertz CT molecular complexity index is 1120. The summed E-state index contributed by atoms with van der Waals surface area (Å²) in [5.74, 6) is -0.0969. The quantitative estimate of drug-likeness (QED) is 0.0321. The van der Waals surface area contributed by atoms with E-state index in [-0.39, 0.29) is 18.5 Å². The van der Waals surface area contributed by atoms with E-state index < -0.39 is 12.1 Å². The second kappa shape index (κ2) is 58.6. The van der Waals surface area contributed by atoms with Crippen LogP contribution in [-0.4, -0.2) is 47.4 Å². The van der Waals surface area contributed by atoms with Crippen LogP contribution >= 0.6 is 0 Å². The number of hydrogen-bond donors (Lipinski definition) is 3. The molecule has 0 spiro atoms. The van der Waals surface area contributed by atoms with Crippen molar-refractivity contribution in [1.82, 2.24) is 5.32 Å². The maximum Gasteiger partial charge on any atom is 0.305 e. The predicted molar refractivity (Wildman–Crippen MR) is 301 cm³/mol. The van der Waals surface area contributed by atoms with Crippen molar-refractivity contribution in [1.29, 1.82) is 0 Å². The number of carbonyl (C=O) groups excluding carboxylic acids is 2. The highest BCUT2D eigenvalue weighted by Crippen LogP contribution is 2.17. The summed E-state index contributed by atoms with van der Waals surface area (Å²) in [6, 6.07) is -0.641. The van der Waals surface area contributed by atoms with Gasteiger partial charge in [0.05, 0.1) is 25.4 Å². The lowest BCUT2D eigenvalue weighted by atomic mass is 10.0. The van der Waals surface area contributed by atoms with Crippen molar-refractivity contribution in [3.63, 3.8) is 0 Å². The maximum atomic E-state index is 12.5. The fourth-order valence-electron chi connectivity index (χ4n) is 9.43. The number of unbranched alkanes of at least 4 members (excludes halogenated alkanes) is 42. The Kier molecular flexibility index (Phi) is 57.0. The molecule has 6 nitrogen and oxygen atoms in total. The molecule has 0 rings (SSSR count). The lowest BCUT2D eigenvalue weighted by Gasteiger charge is -2.20. The van der Waals surface area contributed by atoms with Crippen LogP contribution in [0.3, 0.4) is 0 Å². The molecule has 3 N–H and O–H groups in total. The first-order chi connectivity index (χ1) is 34.0. The summed E-state index contributed by atoms with van der Waals surface area (Å²) in [6.45, 7) is 4.88. The van der Waals surface area contributed by atoms with Crippen LogP contribution in [0.1, 0.15) is 328 Å². The van der Waals surface area contributed by atoms with Crippen LogP contribution in [0.15, 0.2) is 36.5 Å². The van der Waals surface area contributed by atoms with Crippen molar-refractivity contribution in [3.05, 3.63) is 36.5 Å². The molecule has 0 aliphatic rings. The minimum absolute atomic E-state index is 0.0155. The van der Waals surface area contributed by atoms with Crippen molar-refractivity contribution < 1.29 is 24.5 Å². The molecule has 0 saturated carbocycles. The molecule has 0 aromatic carbocycles. The van der Waals surface area contributed by atoms with Gasteiger partial charge in [-0.3, -0.25) is 9.59 Å². The Hall–Kier alpha value is -1.92. The van der Waals surface area contributed by atoms with Gasteiger partial charge in [0.1, 0.15) is 0 Å². The largest absolute Gasteiger partial charge is 0.466 e. The van der Waals surface area contributed by atoms with Crippen molar-refractivity contribution >= 4 is 11.9 Å². The lowest BCUT2D eigenvalue weighted by Crippen LogP contribution is -2.45. The van der Waals surface area contributed by atoms with Crippen molar-refractivity contribution in [2.24, 2.45) is 0 Å². The van der Waals surface area contributed by atoms with Gasteiger partial charge in [0.2, 0.25) is 5.91 Å². The molecule has 0 heterocycles. The van der Waals surface area contributed by atoms with E-state index in [1.807, 2.05) is 6.08 Å². The Labute approximate surface area is 430 Å². The molecule has 0 aliphatic heterocycles. The highest BCUT2D eigenvalue weighted by atomic mass is 16.5. The van der Waals surface area contributed by atoms with Crippen LogP contribution in [0.5, 0.6) is 0 Å². The number of allylic oxidation sites excluding steroid dienone is 5. The van der Waals surface area contributed by atoms with Crippen LogP contribution in [-0.2, 0) is 14.3 Å². The Morgan fingerprint density at radius 1 is 0.406 bits per heavy atom. The van der Waals surface area contributed by atoms with E-state index in [0.29, 0.717) is 19.4 Å². The minimum atomic E-state index is -0.856. The zero-order valence-corrected chi connectivity index (χ0v) is 46.3. The summed E-state index contributed by atoms with van der Waals surface area (Å²) in [5.41, 5.74) is 0. The number of ether oxygens (including phenoxy) is 1. The zero-order valence-electron chi connectivity index (χ0n) is 46.3. The van der Waals surface area contributed by atoms with Gasteiger partial charge >= 0.3 is 5.97 Å². The second-order valence-electron chi connectivity index (χ2n) is 21.0. The molecule has 0 aliphatic carbocycles. The standard InChI is InChI=1S/C63H119NO5/c1-3-5-7-9-11-13-15-17-18-19-20-21-22-23-24-26-29-32-35-39-43-47-51-55-61(66)60(59-65)64-62(67)56-52-48-44-40-36-33-30-27-25-28-31-34-38-42-46-50-54-58-69-63(68)57-53-49-45-41-37-16-14-12-10-8-6-4-2/h25,28,34,38,51,55,60-61,65-66H,3-24,26-27,29-33,35-37,39-50,52-54,56-59H2,1-2H3,(H,64,67)/b28-25-,38-34-,55-51+. The highest BCUT2D eigenvalue weighted by molar-refractivity contribution is 5.76. The fraction of sp³-hybridized carbons (Fsp3) is 0.873. The van der Waals surface area contributed by atoms with E-state index in [1.165, 1.54) is 218 Å². The first-order valence-corrected chi connectivity index (χ1v) is 30.8. The van der Waals surface area contributed by atoms with Crippen LogP contribution in [0, 0.1) is 0 Å². The summed E-state index contributed by atoms with van der Waals surface area (Å²) in [6.07, 6.45) is 73.2. The number of carbonyl (C=O) groups is 2. The number of rotatable bonds is 57. The van der Waals surface area contributed by atoms with E-state index in [2.05, 4.69) is 43.5 Å². The first kappa shape index (κ1) is 67.1. The third-order valence-corrected chi connectivity index (χ3v) is 14.2. The average Bonchev–Trinajstić information content (AvgIpc) is 3.35. The molecule has 0 aromatic heterocycles. The summed E-state index contributed by atoms with van der Waals surface area (Å²) in [7, 11) is 0. The summed E-state index contributed by atoms with van der Waals surface area (Å²) >= 11 is 0. The first-order valence-electron chi connectivity index (χ1n) is 30.8. The van der Waals surface area contributed by atoms with Gasteiger partial charge in [-0.05, 0) is 70.6 Å². The predicted octanol–water partition coefficient (Wildman–Crippen LogP) is 19.2. The summed E-state index contributed by atoms with van der Waals surface area (Å²) in [4.78, 5) is 24.5. The molecule has 2 atom stereocenters. The van der Waals surface area contributed by atoms with Gasteiger partial charge in [0.15, 0.2) is 0 Å². The highest BCUT2D eigenvalue weighted by Gasteiger charge is 2.18. The smallest absolute Gasteiger partial charge is 0.305 e. The van der Waals surface area contributed by atoms with E-state index in [9.17, 15) is 19.8 Å². The van der Waals surface area contributed by atoms with Crippen LogP contribution < -0.4 is 5.32 Å². The van der Waals surface area contributed by atoms with Crippen molar-refractivity contribution in [2.75, 3.05) is 13.2 Å². The third kappa shape index (κ3) is 55.2. The van der Waals surface area contributed by atoms with Gasteiger partial charge < -0.3 is 20.3 Å². The van der Waals surface area contributed by atoms with Gasteiger partial charge in [-0.25, -0.2) is 0 Å². The Balaban J connectivity index is 3.52. The lowest BCUT2D eigenvalue weighted by molar-refractivity contribution is -0.143. The SMILES string of the molecule is CCCCCCCCCCCCCCCCCCCCCCC/C=C/C(O)C(CO)NC(=O)CCCCCCCCC/C=C\C/C=C\CCCCCOC(=O)CCCCCCCCCCCCCC. The van der Waals surface area contributed by atoms with Crippen molar-refractivity contribution in [3.8, 4) is 0 Å². The monoisotopic (exact) mass is 970 g/mol. The van der Waals surface area contributed by atoms with Gasteiger partial charge in [0.25, 0.3) is 0 Å². The molecule has 0 fully saturated rings. The van der Waals surface area contributed by atoms with Crippen LogP contribution in [0.4, 0.5) is 0 Å². The molecule has 0 saturated heterocycles. The van der Waals surface area contributed by atoms with E-state index >= 15 is 0 Å². The molecule has 406 valence electrons. The fourth-order valence-corrected chi connectivity index (χ4v) is 9.43. The number of aliphatic hydroxyl groups is 2. The number of nitrogens with one attached hydrogen (secondary N) is 1. The molecule has 6 heteroatoms. The molecule has 0 radical (unpaired) electrons. The van der Waals surface area contributed by atoms with Crippen LogP contribution in [0.2, 0.25) is 0 Å². The molecule has 0 aromatic rings. The van der Waals surface area contributed by atoms with Crippen molar-refractivity contribution in [2.45, 2.75) is 341 Å². The third-order valence-electron chi connectivity index (χ3n) is 14.2. The molecular formula is C63H119NO5. The van der Waals surface area contributed by atoms with E-state index in [1.54, 1.807) is 6.08 Å². The van der Waals surface area contributed by atoms with Gasteiger partial charge in [-0.15, -0.1) is 0 Å². The average molecular weight is 971 g/mol. The number of esters is 1. The van der Waals surface area contributed by atoms with Gasteiger partial charge in [-0.1, -0.05) is 281 Å². The van der Waals surface area contributed by atoms with Crippen LogP contribution in [0.25, 0.3) is 0 Å².